The molecule has 0 aromatic carbocycles. The van der Waals surface area contributed by atoms with Crippen LogP contribution in [0.4, 0.5) is 5.69 Å². The Hall–Kier alpha value is -1.58. The van der Waals surface area contributed by atoms with E-state index in [9.17, 15) is 4.79 Å². The Bertz CT molecular complexity index is 614. The summed E-state index contributed by atoms with van der Waals surface area (Å²) < 4.78 is 5.19. The summed E-state index contributed by atoms with van der Waals surface area (Å²) in [7, 11) is 0. The molecule has 4 rings (SSSR count). The van der Waals surface area contributed by atoms with Crippen molar-refractivity contribution in [2.75, 3.05) is 11.9 Å². The van der Waals surface area contributed by atoms with Crippen molar-refractivity contribution in [2.24, 2.45) is 11.8 Å². The number of ether oxygens (including phenoxy) is 1. The number of aromatic nitrogens is 1. The van der Waals surface area contributed by atoms with Gasteiger partial charge in [0.15, 0.2) is 5.69 Å². The molecule has 23 heavy (non-hydrogen) atoms. The van der Waals surface area contributed by atoms with E-state index in [2.05, 4.69) is 10.3 Å². The van der Waals surface area contributed by atoms with Gasteiger partial charge in [-0.2, -0.15) is 0 Å². The first-order chi connectivity index (χ1) is 11.3. The first-order valence-electron chi connectivity index (χ1n) is 9.20. The van der Waals surface area contributed by atoms with Gasteiger partial charge in [-0.05, 0) is 74.8 Å². The van der Waals surface area contributed by atoms with E-state index in [-0.39, 0.29) is 5.97 Å². The van der Waals surface area contributed by atoms with Crippen molar-refractivity contribution in [1.82, 2.24) is 4.98 Å². The van der Waals surface area contributed by atoms with Crippen LogP contribution in [-0.2, 0) is 17.6 Å². The Morgan fingerprint density at radius 3 is 2.78 bits per heavy atom. The van der Waals surface area contributed by atoms with E-state index in [0.717, 1.165) is 36.7 Å². The summed E-state index contributed by atoms with van der Waals surface area (Å²) in [5, 5.41) is 3.78. The second kappa shape index (κ2) is 6.14. The second-order valence-electron chi connectivity index (χ2n) is 7.33. The lowest BCUT2D eigenvalue weighted by molar-refractivity contribution is 0.0517. The van der Waals surface area contributed by atoms with Crippen LogP contribution in [0, 0.1) is 11.8 Å². The Kier molecular flexibility index (Phi) is 4.00. The van der Waals surface area contributed by atoms with Gasteiger partial charge in [0.05, 0.1) is 18.5 Å². The van der Waals surface area contributed by atoms with Crippen molar-refractivity contribution in [3.8, 4) is 0 Å². The van der Waals surface area contributed by atoms with Gasteiger partial charge in [0.2, 0.25) is 0 Å². The van der Waals surface area contributed by atoms with Gasteiger partial charge in [0.25, 0.3) is 0 Å². The number of pyridine rings is 1. The standard InChI is InChI=1S/C19H26N2O2/c1-2-23-19(22)18-15-6-4-3-5-14(15)17(11-20-18)21-16-10-12-7-8-13(16)9-12/h11-13,16,21H,2-10H2,1H3/t12-,13+,16+/m0/s1. The summed E-state index contributed by atoms with van der Waals surface area (Å²) in [4.78, 5) is 16.6. The molecule has 1 aromatic heterocycles. The SMILES string of the molecule is CCOC(=O)c1ncc(N[C@@H]2C[C@H]3CC[C@@H]2C3)c2c1CCCC2. The van der Waals surface area contributed by atoms with Crippen LogP contribution in [-0.4, -0.2) is 23.6 Å². The molecule has 1 N–H and O–H groups in total. The van der Waals surface area contributed by atoms with Crippen LogP contribution in [0.3, 0.4) is 0 Å². The molecule has 4 nitrogen and oxygen atoms in total. The van der Waals surface area contributed by atoms with E-state index in [4.69, 9.17) is 4.74 Å². The number of esters is 1. The van der Waals surface area contributed by atoms with E-state index in [1.54, 1.807) is 0 Å². The summed E-state index contributed by atoms with van der Waals surface area (Å²) in [6.45, 7) is 2.25. The molecule has 4 heteroatoms. The third kappa shape index (κ3) is 2.73. The Balaban J connectivity index is 1.61. The maximum atomic E-state index is 12.2. The molecular formula is C19H26N2O2. The van der Waals surface area contributed by atoms with Crippen molar-refractivity contribution in [1.29, 1.82) is 0 Å². The second-order valence-corrected chi connectivity index (χ2v) is 7.33. The van der Waals surface area contributed by atoms with Crippen LogP contribution in [0.2, 0.25) is 0 Å². The molecule has 0 aliphatic heterocycles. The molecular weight excluding hydrogens is 288 g/mol. The van der Waals surface area contributed by atoms with Crippen LogP contribution >= 0.6 is 0 Å². The molecule has 1 heterocycles. The number of fused-ring (bicyclic) bond motifs is 3. The lowest BCUT2D eigenvalue weighted by Crippen LogP contribution is -2.27. The lowest BCUT2D eigenvalue weighted by atomic mass is 9.88. The van der Waals surface area contributed by atoms with E-state index in [1.165, 1.54) is 43.4 Å². The van der Waals surface area contributed by atoms with E-state index in [1.807, 2.05) is 13.1 Å². The first-order valence-corrected chi connectivity index (χ1v) is 9.20. The van der Waals surface area contributed by atoms with Crippen LogP contribution in [0.15, 0.2) is 6.20 Å². The van der Waals surface area contributed by atoms with Crippen LogP contribution in [0.25, 0.3) is 0 Å². The third-order valence-electron chi connectivity index (χ3n) is 5.95. The zero-order chi connectivity index (χ0) is 15.8. The highest BCUT2D eigenvalue weighted by atomic mass is 16.5. The number of carbonyl (C=O) groups excluding carboxylic acids is 1. The third-order valence-corrected chi connectivity index (χ3v) is 5.95. The van der Waals surface area contributed by atoms with Crippen molar-refractivity contribution in [3.63, 3.8) is 0 Å². The molecule has 0 saturated heterocycles. The topological polar surface area (TPSA) is 51.2 Å². The van der Waals surface area contributed by atoms with E-state index < -0.39 is 0 Å². The number of rotatable bonds is 4. The quantitative estimate of drug-likeness (QED) is 0.860. The molecule has 3 aliphatic rings. The molecule has 2 saturated carbocycles. The van der Waals surface area contributed by atoms with Crippen molar-refractivity contribution >= 4 is 11.7 Å². The molecule has 0 radical (unpaired) electrons. The lowest BCUT2D eigenvalue weighted by Gasteiger charge is -2.28. The summed E-state index contributed by atoms with van der Waals surface area (Å²) in [6, 6.07) is 0.606. The average molecular weight is 314 g/mol. The Labute approximate surface area is 138 Å². The highest BCUT2D eigenvalue weighted by molar-refractivity contribution is 5.90. The van der Waals surface area contributed by atoms with Crippen LogP contribution in [0.5, 0.6) is 0 Å². The summed E-state index contributed by atoms with van der Waals surface area (Å²) in [5.41, 5.74) is 4.16. The Morgan fingerprint density at radius 1 is 1.26 bits per heavy atom. The zero-order valence-electron chi connectivity index (χ0n) is 13.9. The van der Waals surface area contributed by atoms with Gasteiger partial charge in [-0.25, -0.2) is 9.78 Å². The maximum absolute atomic E-state index is 12.2. The molecule has 0 unspecified atom stereocenters. The highest BCUT2D eigenvalue weighted by Crippen LogP contribution is 2.46. The molecule has 3 aliphatic carbocycles. The van der Waals surface area contributed by atoms with Gasteiger partial charge in [0.1, 0.15) is 0 Å². The molecule has 0 spiro atoms. The van der Waals surface area contributed by atoms with Gasteiger partial charge in [-0.3, -0.25) is 0 Å². The number of carbonyl (C=O) groups is 1. The minimum absolute atomic E-state index is 0.267. The van der Waals surface area contributed by atoms with Gasteiger partial charge < -0.3 is 10.1 Å². The van der Waals surface area contributed by atoms with Crippen molar-refractivity contribution < 1.29 is 9.53 Å². The van der Waals surface area contributed by atoms with Crippen LogP contribution in [0.1, 0.15) is 67.1 Å². The van der Waals surface area contributed by atoms with E-state index >= 15 is 0 Å². The molecule has 1 aromatic rings. The summed E-state index contributed by atoms with van der Waals surface area (Å²) >= 11 is 0. The smallest absolute Gasteiger partial charge is 0.357 e. The monoisotopic (exact) mass is 314 g/mol. The predicted octanol–water partition coefficient (Wildman–Crippen LogP) is 3.74. The number of nitrogens with one attached hydrogen (secondary N) is 1. The number of hydrogen-bond acceptors (Lipinski definition) is 4. The maximum Gasteiger partial charge on any atom is 0.357 e. The normalized spacial score (nSPS) is 28.5. The number of anilines is 1. The zero-order valence-corrected chi connectivity index (χ0v) is 13.9. The highest BCUT2D eigenvalue weighted by Gasteiger charge is 2.39. The van der Waals surface area contributed by atoms with Gasteiger partial charge in [-0.1, -0.05) is 6.42 Å². The fourth-order valence-corrected chi connectivity index (χ4v) is 4.87. The molecule has 0 amide bonds. The van der Waals surface area contributed by atoms with Crippen LogP contribution < -0.4 is 5.32 Å². The minimum Gasteiger partial charge on any atom is -0.461 e. The fourth-order valence-electron chi connectivity index (χ4n) is 4.87. The molecule has 124 valence electrons. The van der Waals surface area contributed by atoms with E-state index in [0.29, 0.717) is 18.3 Å². The fraction of sp³-hybridized carbons (Fsp3) is 0.684. The van der Waals surface area contributed by atoms with Crippen molar-refractivity contribution in [3.05, 3.63) is 23.0 Å². The number of nitrogens with zero attached hydrogens (tertiary/aromatic N) is 1. The first kappa shape index (κ1) is 15.0. The molecule has 2 fully saturated rings. The largest absolute Gasteiger partial charge is 0.461 e. The molecule has 3 atom stereocenters. The van der Waals surface area contributed by atoms with Gasteiger partial charge in [-0.15, -0.1) is 0 Å². The average Bonchev–Trinajstić information content (AvgIpc) is 3.18. The van der Waals surface area contributed by atoms with Crippen molar-refractivity contribution in [2.45, 2.75) is 64.3 Å². The minimum atomic E-state index is -0.267. The summed E-state index contributed by atoms with van der Waals surface area (Å²) in [6.07, 6.45) is 11.7. The van der Waals surface area contributed by atoms with Gasteiger partial charge in [0, 0.05) is 6.04 Å². The summed E-state index contributed by atoms with van der Waals surface area (Å²) in [5.74, 6) is 1.50. The predicted molar refractivity (Wildman–Crippen MR) is 89.7 cm³/mol. The Morgan fingerprint density at radius 2 is 2.09 bits per heavy atom. The van der Waals surface area contributed by atoms with Gasteiger partial charge >= 0.3 is 5.97 Å². The molecule has 2 bridgehead atoms. The number of hydrogen-bond donors (Lipinski definition) is 1.